The zero-order valence-corrected chi connectivity index (χ0v) is 34.6. The number of likely N-dealkylation sites (N-methyl/N-ethyl adjacent to an activating group) is 2. The molecule has 2 aliphatic heterocycles. The number of rotatable bonds is 2. The monoisotopic (exact) mass is 798 g/mol. The fourth-order valence-corrected chi connectivity index (χ4v) is 12.0. The quantitative estimate of drug-likeness (QED) is 0.132. The summed E-state index contributed by atoms with van der Waals surface area (Å²) in [4.78, 5) is 58.5. The molecule has 306 valence electrons. The van der Waals surface area contributed by atoms with Crippen molar-refractivity contribution in [3.05, 3.63) is 136 Å². The SMILES string of the molecule is COC(=O)c1cc2c([nH]c1=O)C[C@]13CCN(C)[C@H](Cc4ccc(C)cc41)[C@]3(O)C2.Cc1ccc2c(c1)[C@]13CCN(C)[C@H](C2)[C@]1(O)Cc1cc(C(=O)O)c(=O)[nH]c1C3.[Li+].[OH-]. The summed E-state index contributed by atoms with van der Waals surface area (Å²) >= 11 is 0. The first-order valence-corrected chi connectivity index (χ1v) is 19.9. The molecule has 2 fully saturated rings. The standard InChI is InChI=1S/C23H26N2O4.C22H24N2O4.Li.H2O/c1-13-4-5-14-10-19-23(28)11-15-9-16(21(27)29-3)20(26)24-18(15)12-22(23,17(14)8-13)6-7-25(19)2;1-12-3-4-13-9-18-22(28)10-14-8-15(20(26)27)19(25)23-17(14)11-21(22,16(13)7-12)5-6-24(18)2;;/h4-5,8-9,19,28H,6-7,10-12H2,1-3H3,(H,24,26);3-4,7-8,18,28H,5-6,9-11H2,1-2H3,(H,23,25)(H,26,27);;1H2/q;;+1;/p-1/t19-,22-,23-;18-,21-,22-;;/m11../s1. The summed E-state index contributed by atoms with van der Waals surface area (Å²) in [7, 11) is 5.40. The number of methoxy groups -OCH3 is 1. The fraction of sp³-hybridized carbons (Fsp3) is 0.467. The second-order valence-corrected chi connectivity index (χ2v) is 17.8. The van der Waals surface area contributed by atoms with Crippen LogP contribution in [0.3, 0.4) is 0 Å². The number of piperidine rings is 2. The molecule has 4 bridgehead atoms. The van der Waals surface area contributed by atoms with Gasteiger partial charge in [0.25, 0.3) is 11.1 Å². The average Bonchev–Trinajstić information content (AvgIpc) is 3.16. The van der Waals surface area contributed by atoms with Crippen molar-refractivity contribution in [1.82, 2.24) is 19.8 Å². The minimum atomic E-state index is -1.24. The van der Waals surface area contributed by atoms with Crippen LogP contribution in [0.4, 0.5) is 0 Å². The van der Waals surface area contributed by atoms with E-state index in [2.05, 4.69) is 84.1 Å². The van der Waals surface area contributed by atoms with Gasteiger partial charge in [-0.3, -0.25) is 9.59 Å². The molecule has 14 heteroatoms. The van der Waals surface area contributed by atoms with Crippen LogP contribution in [0.25, 0.3) is 0 Å². The van der Waals surface area contributed by atoms with Gasteiger partial charge in [-0.1, -0.05) is 47.5 Å². The Morgan fingerprint density at radius 3 is 1.54 bits per heavy atom. The van der Waals surface area contributed by atoms with Crippen LogP contribution < -0.4 is 30.0 Å². The van der Waals surface area contributed by atoms with E-state index in [0.29, 0.717) is 25.7 Å². The normalized spacial score (nSPS) is 29.5. The Labute approximate surface area is 354 Å². The number of nitrogens with one attached hydrogen (secondary N) is 2. The Kier molecular flexibility index (Phi) is 10.7. The number of aryl methyl sites for hydroxylation is 2. The summed E-state index contributed by atoms with van der Waals surface area (Å²) in [5.74, 6) is -1.89. The van der Waals surface area contributed by atoms with Crippen molar-refractivity contribution in [2.75, 3.05) is 34.3 Å². The van der Waals surface area contributed by atoms with E-state index in [-0.39, 0.29) is 47.5 Å². The minimum absolute atomic E-state index is 0. The van der Waals surface area contributed by atoms with E-state index in [4.69, 9.17) is 4.74 Å². The third kappa shape index (κ3) is 6.07. The maximum Gasteiger partial charge on any atom is 1.00 e. The third-order valence-electron chi connectivity index (χ3n) is 14.9. The number of carbonyl (C=O) groups is 2. The molecule has 4 aliphatic carbocycles. The number of benzene rings is 2. The number of carboxylic acid groups (broad SMARTS) is 1. The number of aromatic amines is 2. The van der Waals surface area contributed by atoms with Crippen molar-refractivity contribution in [1.29, 1.82) is 0 Å². The van der Waals surface area contributed by atoms with Gasteiger partial charge in [-0.2, -0.15) is 0 Å². The maximum absolute atomic E-state index is 12.5. The summed E-state index contributed by atoms with van der Waals surface area (Å²) in [6.07, 6.45) is 5.04. The van der Waals surface area contributed by atoms with Crippen molar-refractivity contribution < 1.29 is 54.0 Å². The first kappa shape index (κ1) is 42.8. The summed E-state index contributed by atoms with van der Waals surface area (Å²) < 4.78 is 4.76. The molecule has 2 aromatic carbocycles. The number of aliphatic hydroxyl groups is 2. The molecule has 6 aliphatic rings. The molecule has 0 amide bonds. The zero-order chi connectivity index (χ0) is 40.4. The molecule has 0 unspecified atom stereocenters. The molecule has 0 spiro atoms. The van der Waals surface area contributed by atoms with Gasteiger partial charge in [-0.25, -0.2) is 9.59 Å². The van der Waals surface area contributed by atoms with Gasteiger partial charge in [-0.15, -0.1) is 0 Å². The molecule has 4 aromatic rings. The number of ether oxygens (including phenoxy) is 1. The number of pyridine rings is 2. The molecule has 2 aromatic heterocycles. The first-order chi connectivity index (χ1) is 27.0. The van der Waals surface area contributed by atoms with Gasteiger partial charge in [0.2, 0.25) is 0 Å². The van der Waals surface area contributed by atoms with Crippen LogP contribution in [0, 0.1) is 13.8 Å². The van der Waals surface area contributed by atoms with E-state index in [0.717, 1.165) is 66.9 Å². The summed E-state index contributed by atoms with van der Waals surface area (Å²) in [5, 5.41) is 33.7. The third-order valence-corrected chi connectivity index (χ3v) is 14.9. The molecular weight excluding hydrogens is 747 g/mol. The van der Waals surface area contributed by atoms with E-state index in [1.165, 1.54) is 41.0 Å². The summed E-state index contributed by atoms with van der Waals surface area (Å²) in [5.41, 5.74) is 6.33. The van der Waals surface area contributed by atoms with Crippen LogP contribution in [0.15, 0.2) is 58.1 Å². The number of aromatic carboxylic acids is 1. The van der Waals surface area contributed by atoms with Crippen LogP contribution in [-0.4, -0.2) is 110 Å². The van der Waals surface area contributed by atoms with Crippen molar-refractivity contribution in [3.8, 4) is 0 Å². The smallest absolute Gasteiger partial charge is 0.870 e. The number of carbonyl (C=O) groups excluding carboxylic acids is 1. The number of hydrogen-bond acceptors (Lipinski definition) is 10. The Hall–Kier alpha value is -4.32. The number of aromatic nitrogens is 2. The van der Waals surface area contributed by atoms with Crippen molar-refractivity contribution in [2.24, 2.45) is 0 Å². The van der Waals surface area contributed by atoms with Crippen molar-refractivity contribution in [2.45, 2.75) is 99.3 Å². The van der Waals surface area contributed by atoms with E-state index in [1.54, 1.807) is 6.07 Å². The second kappa shape index (κ2) is 14.7. The van der Waals surface area contributed by atoms with Crippen LogP contribution in [-0.2, 0) is 54.1 Å². The van der Waals surface area contributed by atoms with Gasteiger partial charge < -0.3 is 45.3 Å². The molecule has 4 heterocycles. The number of fused-ring (bicyclic) bond motifs is 4. The van der Waals surface area contributed by atoms with E-state index < -0.39 is 45.1 Å². The van der Waals surface area contributed by atoms with Crippen LogP contribution in [0.2, 0.25) is 0 Å². The first-order valence-electron chi connectivity index (χ1n) is 19.9. The van der Waals surface area contributed by atoms with E-state index in [1.807, 2.05) is 0 Å². The topological polar surface area (TPSA) is 206 Å². The molecule has 13 nitrogen and oxygen atoms in total. The molecular formula is C45H51LiN4O9. The number of H-pyrrole nitrogens is 2. The van der Waals surface area contributed by atoms with Crippen LogP contribution in [0.5, 0.6) is 0 Å². The molecule has 2 saturated heterocycles. The maximum atomic E-state index is 12.5. The van der Waals surface area contributed by atoms with Crippen LogP contribution >= 0.6 is 0 Å². The summed E-state index contributed by atoms with van der Waals surface area (Å²) in [6, 6.07) is 16.1. The molecule has 0 radical (unpaired) electrons. The second-order valence-electron chi connectivity index (χ2n) is 17.8. The predicted octanol–water partition coefficient (Wildman–Crippen LogP) is -0.266. The number of nitrogens with zero attached hydrogens (tertiary/aromatic N) is 2. The molecule has 6 N–H and O–H groups in total. The Balaban J connectivity index is 0.000000173. The van der Waals surface area contributed by atoms with Gasteiger partial charge in [0, 0.05) is 60.0 Å². The van der Waals surface area contributed by atoms with Crippen LogP contribution in [0.1, 0.15) is 89.5 Å². The fourth-order valence-electron chi connectivity index (χ4n) is 12.0. The number of carboxylic acids is 1. The van der Waals surface area contributed by atoms with Gasteiger partial charge in [-0.05, 0) is 112 Å². The molecule has 6 atom stereocenters. The molecule has 10 rings (SSSR count). The van der Waals surface area contributed by atoms with E-state index >= 15 is 0 Å². The van der Waals surface area contributed by atoms with Gasteiger partial charge >= 0.3 is 30.8 Å². The molecule has 0 saturated carbocycles. The number of hydrogen-bond donors (Lipinski definition) is 5. The van der Waals surface area contributed by atoms with Crippen molar-refractivity contribution >= 4 is 11.9 Å². The number of esters is 1. The Morgan fingerprint density at radius 1 is 0.695 bits per heavy atom. The average molecular weight is 799 g/mol. The van der Waals surface area contributed by atoms with Gasteiger partial charge in [0.15, 0.2) is 0 Å². The van der Waals surface area contributed by atoms with Crippen molar-refractivity contribution in [3.63, 3.8) is 0 Å². The summed E-state index contributed by atoms with van der Waals surface area (Å²) in [6.45, 7) is 5.93. The predicted molar refractivity (Wildman–Crippen MR) is 214 cm³/mol. The Morgan fingerprint density at radius 2 is 1.12 bits per heavy atom. The van der Waals surface area contributed by atoms with Gasteiger partial charge in [0.1, 0.15) is 11.1 Å². The van der Waals surface area contributed by atoms with E-state index in [9.17, 15) is 34.5 Å². The zero-order valence-electron chi connectivity index (χ0n) is 34.6. The minimum Gasteiger partial charge on any atom is -0.870 e. The molecule has 59 heavy (non-hydrogen) atoms. The largest absolute Gasteiger partial charge is 1.00 e. The Bertz CT molecular complexity index is 2520. The number of likely N-dealkylation sites (tertiary alicyclic amines) is 2. The van der Waals surface area contributed by atoms with Gasteiger partial charge in [0.05, 0.1) is 18.3 Å².